The lowest BCUT2D eigenvalue weighted by molar-refractivity contribution is 0.190. The monoisotopic (exact) mass is 269 g/mol. The molecule has 1 unspecified atom stereocenters. The molecule has 2 aromatic carbocycles. The van der Waals surface area contributed by atoms with Gasteiger partial charge in [0.05, 0.1) is 0 Å². The van der Waals surface area contributed by atoms with Gasteiger partial charge in [0.1, 0.15) is 0 Å². The third kappa shape index (κ3) is 3.92. The molecule has 0 aliphatic heterocycles. The van der Waals surface area contributed by atoms with Crippen LogP contribution >= 0.6 is 0 Å². The van der Waals surface area contributed by atoms with E-state index < -0.39 is 0 Å². The molecular weight excluding hydrogens is 246 g/mol. The van der Waals surface area contributed by atoms with Crippen LogP contribution in [0.15, 0.2) is 60.7 Å². The standard InChI is InChI=1S/C18H23NO/c1-20-14-8-13-17(19)18(15-9-4-2-5-10-15)16-11-6-3-7-12-16/h2-7,9-12,17-18H,8,13-14,19H2,1H3. The van der Waals surface area contributed by atoms with Gasteiger partial charge in [-0.2, -0.15) is 0 Å². The summed E-state index contributed by atoms with van der Waals surface area (Å²) in [5, 5.41) is 0. The van der Waals surface area contributed by atoms with Crippen LogP contribution in [0.5, 0.6) is 0 Å². The first-order chi connectivity index (χ1) is 9.83. The molecule has 20 heavy (non-hydrogen) atoms. The Morgan fingerprint density at radius 2 is 1.40 bits per heavy atom. The third-order valence-corrected chi connectivity index (χ3v) is 3.63. The zero-order valence-electron chi connectivity index (χ0n) is 12.0. The van der Waals surface area contributed by atoms with Crippen molar-refractivity contribution >= 4 is 0 Å². The van der Waals surface area contributed by atoms with Crippen LogP contribution in [0.3, 0.4) is 0 Å². The molecule has 2 heteroatoms. The van der Waals surface area contributed by atoms with E-state index in [1.807, 2.05) is 12.1 Å². The molecule has 0 amide bonds. The molecular formula is C18H23NO. The minimum absolute atomic E-state index is 0.106. The van der Waals surface area contributed by atoms with Crippen LogP contribution in [0.1, 0.15) is 29.9 Å². The first-order valence-electron chi connectivity index (χ1n) is 7.17. The first-order valence-corrected chi connectivity index (χ1v) is 7.17. The Hall–Kier alpha value is -1.64. The predicted octanol–water partition coefficient (Wildman–Crippen LogP) is 3.57. The van der Waals surface area contributed by atoms with Gasteiger partial charge in [-0.15, -0.1) is 0 Å². The highest BCUT2D eigenvalue weighted by molar-refractivity contribution is 5.34. The average molecular weight is 269 g/mol. The lowest BCUT2D eigenvalue weighted by atomic mass is 9.83. The Labute approximate surface area is 121 Å². The highest BCUT2D eigenvalue weighted by Gasteiger charge is 2.21. The summed E-state index contributed by atoms with van der Waals surface area (Å²) in [6, 6.07) is 21.1. The highest BCUT2D eigenvalue weighted by atomic mass is 16.5. The van der Waals surface area contributed by atoms with Crippen molar-refractivity contribution in [3.8, 4) is 0 Å². The van der Waals surface area contributed by atoms with Gasteiger partial charge in [-0.25, -0.2) is 0 Å². The zero-order valence-corrected chi connectivity index (χ0v) is 12.0. The summed E-state index contributed by atoms with van der Waals surface area (Å²) >= 11 is 0. The zero-order chi connectivity index (χ0) is 14.2. The molecule has 1 atom stereocenters. The Morgan fingerprint density at radius 3 is 1.85 bits per heavy atom. The summed E-state index contributed by atoms with van der Waals surface area (Å²) in [4.78, 5) is 0. The molecule has 0 aromatic heterocycles. The van der Waals surface area contributed by atoms with Crippen molar-refractivity contribution in [2.45, 2.75) is 24.8 Å². The van der Waals surface area contributed by atoms with Crippen LogP contribution in [0.2, 0.25) is 0 Å². The Balaban J connectivity index is 2.21. The normalized spacial score (nSPS) is 12.6. The highest BCUT2D eigenvalue weighted by Crippen LogP contribution is 2.28. The maximum Gasteiger partial charge on any atom is 0.0462 e. The number of methoxy groups -OCH3 is 1. The average Bonchev–Trinajstić information content (AvgIpc) is 2.50. The van der Waals surface area contributed by atoms with Crippen molar-refractivity contribution in [1.82, 2.24) is 0 Å². The molecule has 0 bridgehead atoms. The van der Waals surface area contributed by atoms with Crippen LogP contribution in [-0.4, -0.2) is 19.8 Å². The minimum atomic E-state index is 0.106. The molecule has 106 valence electrons. The van der Waals surface area contributed by atoms with Gasteiger partial charge in [-0.05, 0) is 24.0 Å². The molecule has 0 spiro atoms. The van der Waals surface area contributed by atoms with Crippen molar-refractivity contribution in [1.29, 1.82) is 0 Å². The predicted molar refractivity (Wildman–Crippen MR) is 83.8 cm³/mol. The SMILES string of the molecule is COCCCC(N)C(c1ccccc1)c1ccccc1. The van der Waals surface area contributed by atoms with E-state index in [0.29, 0.717) is 0 Å². The summed E-state index contributed by atoms with van der Waals surface area (Å²) in [6.45, 7) is 0.768. The van der Waals surface area contributed by atoms with Crippen molar-refractivity contribution in [3.63, 3.8) is 0 Å². The smallest absolute Gasteiger partial charge is 0.0462 e. The van der Waals surface area contributed by atoms with E-state index in [2.05, 4.69) is 48.5 Å². The van der Waals surface area contributed by atoms with E-state index in [4.69, 9.17) is 10.5 Å². The maximum absolute atomic E-state index is 6.47. The first kappa shape index (κ1) is 14.8. The van der Waals surface area contributed by atoms with Crippen molar-refractivity contribution < 1.29 is 4.74 Å². The quantitative estimate of drug-likeness (QED) is 0.780. The minimum Gasteiger partial charge on any atom is -0.385 e. The van der Waals surface area contributed by atoms with Crippen LogP contribution in [-0.2, 0) is 4.74 Å². The second-order valence-electron chi connectivity index (χ2n) is 5.10. The fraction of sp³-hybridized carbons (Fsp3) is 0.333. The van der Waals surface area contributed by atoms with Crippen molar-refractivity contribution in [2.75, 3.05) is 13.7 Å². The van der Waals surface area contributed by atoms with Gasteiger partial charge in [-0.1, -0.05) is 60.7 Å². The Morgan fingerprint density at radius 1 is 0.900 bits per heavy atom. The van der Waals surface area contributed by atoms with Gasteiger partial charge in [0, 0.05) is 25.7 Å². The van der Waals surface area contributed by atoms with E-state index in [9.17, 15) is 0 Å². The number of nitrogens with two attached hydrogens (primary N) is 1. The van der Waals surface area contributed by atoms with Crippen molar-refractivity contribution in [2.24, 2.45) is 5.73 Å². The molecule has 0 radical (unpaired) electrons. The van der Waals surface area contributed by atoms with Gasteiger partial charge in [-0.3, -0.25) is 0 Å². The van der Waals surface area contributed by atoms with E-state index in [1.165, 1.54) is 11.1 Å². The third-order valence-electron chi connectivity index (χ3n) is 3.63. The molecule has 0 saturated carbocycles. The topological polar surface area (TPSA) is 35.2 Å². The lowest BCUT2D eigenvalue weighted by Crippen LogP contribution is -2.29. The number of ether oxygens (including phenoxy) is 1. The summed E-state index contributed by atoms with van der Waals surface area (Å²) in [5.41, 5.74) is 9.03. The van der Waals surface area contributed by atoms with Crippen LogP contribution in [0.25, 0.3) is 0 Å². The van der Waals surface area contributed by atoms with Gasteiger partial charge in [0.2, 0.25) is 0 Å². The molecule has 2 aromatic rings. The second kappa shape index (κ2) is 7.83. The molecule has 2 N–H and O–H groups in total. The number of hydrogen-bond donors (Lipinski definition) is 1. The van der Waals surface area contributed by atoms with E-state index in [-0.39, 0.29) is 12.0 Å². The molecule has 2 rings (SSSR count). The molecule has 2 nitrogen and oxygen atoms in total. The molecule has 0 saturated heterocycles. The summed E-state index contributed by atoms with van der Waals surface area (Å²) in [6.07, 6.45) is 1.95. The van der Waals surface area contributed by atoms with Gasteiger partial charge in [0.15, 0.2) is 0 Å². The Kier molecular flexibility index (Phi) is 5.78. The van der Waals surface area contributed by atoms with E-state index in [0.717, 1.165) is 19.4 Å². The molecule has 0 aliphatic rings. The fourth-order valence-corrected chi connectivity index (χ4v) is 2.64. The van der Waals surface area contributed by atoms with Crippen LogP contribution in [0.4, 0.5) is 0 Å². The van der Waals surface area contributed by atoms with Gasteiger partial charge in [0.25, 0.3) is 0 Å². The molecule has 0 fully saturated rings. The maximum atomic E-state index is 6.47. The number of rotatable bonds is 7. The molecule has 0 aliphatic carbocycles. The van der Waals surface area contributed by atoms with Gasteiger partial charge < -0.3 is 10.5 Å². The van der Waals surface area contributed by atoms with Crippen LogP contribution < -0.4 is 5.73 Å². The summed E-state index contributed by atoms with van der Waals surface area (Å²) in [7, 11) is 1.73. The number of benzene rings is 2. The largest absolute Gasteiger partial charge is 0.385 e. The van der Waals surface area contributed by atoms with Gasteiger partial charge >= 0.3 is 0 Å². The lowest BCUT2D eigenvalue weighted by Gasteiger charge is -2.25. The summed E-state index contributed by atoms with van der Waals surface area (Å²) < 4.78 is 5.13. The van der Waals surface area contributed by atoms with E-state index >= 15 is 0 Å². The van der Waals surface area contributed by atoms with Crippen LogP contribution in [0, 0.1) is 0 Å². The second-order valence-corrected chi connectivity index (χ2v) is 5.10. The summed E-state index contributed by atoms with van der Waals surface area (Å²) in [5.74, 6) is 0.245. The van der Waals surface area contributed by atoms with E-state index in [1.54, 1.807) is 7.11 Å². The Bertz CT molecular complexity index is 444. The number of hydrogen-bond acceptors (Lipinski definition) is 2. The molecule has 0 heterocycles. The fourth-order valence-electron chi connectivity index (χ4n) is 2.64. The van der Waals surface area contributed by atoms with Crippen molar-refractivity contribution in [3.05, 3.63) is 71.8 Å².